The van der Waals surface area contributed by atoms with Crippen molar-refractivity contribution in [2.75, 3.05) is 5.32 Å². The second kappa shape index (κ2) is 4.47. The first-order valence-electron chi connectivity index (χ1n) is 5.10. The topological polar surface area (TPSA) is 50.4 Å². The van der Waals surface area contributed by atoms with Crippen molar-refractivity contribution >= 4 is 11.6 Å². The summed E-state index contributed by atoms with van der Waals surface area (Å²) >= 11 is 0. The van der Waals surface area contributed by atoms with E-state index in [-0.39, 0.29) is 12.0 Å². The van der Waals surface area contributed by atoms with Crippen molar-refractivity contribution in [2.24, 2.45) is 16.6 Å². The summed E-state index contributed by atoms with van der Waals surface area (Å²) in [5.41, 5.74) is 6.41. The molecule has 2 rings (SSSR count). The molecule has 16 heavy (non-hydrogen) atoms. The number of nitrogens with zero attached hydrogens (tertiary/aromatic N) is 1. The molecule has 1 aromatic rings. The first-order valence-corrected chi connectivity index (χ1v) is 5.10. The molecule has 1 aliphatic rings. The zero-order valence-electron chi connectivity index (χ0n) is 8.61. The number of para-hydroxylation sites is 1. The van der Waals surface area contributed by atoms with Crippen LogP contribution in [0.5, 0.6) is 0 Å². The molecule has 2 atom stereocenters. The quantitative estimate of drug-likeness (QED) is 0.611. The molecule has 1 aromatic carbocycles. The van der Waals surface area contributed by atoms with Crippen LogP contribution < -0.4 is 11.1 Å². The number of guanidine groups is 1. The van der Waals surface area contributed by atoms with E-state index in [0.717, 1.165) is 5.69 Å². The Balaban J connectivity index is 1.90. The van der Waals surface area contributed by atoms with Gasteiger partial charge in [0.05, 0.1) is 6.04 Å². The molecule has 1 aliphatic carbocycles. The van der Waals surface area contributed by atoms with E-state index in [1.165, 1.54) is 0 Å². The Bertz CT molecular complexity index is 378. The van der Waals surface area contributed by atoms with Crippen LogP contribution in [-0.4, -0.2) is 18.4 Å². The lowest BCUT2D eigenvalue weighted by atomic mass is 10.3. The number of nitrogens with one attached hydrogen (secondary N) is 1. The van der Waals surface area contributed by atoms with Crippen LogP contribution >= 0.6 is 0 Å². The summed E-state index contributed by atoms with van der Waals surface area (Å²) in [6.07, 6.45) is -1.87. The highest BCUT2D eigenvalue weighted by atomic mass is 19.3. The summed E-state index contributed by atoms with van der Waals surface area (Å²) in [5, 5.41) is 2.86. The van der Waals surface area contributed by atoms with Gasteiger partial charge in [-0.25, -0.2) is 13.8 Å². The molecule has 0 aromatic heterocycles. The summed E-state index contributed by atoms with van der Waals surface area (Å²) in [6, 6.07) is 8.94. The van der Waals surface area contributed by atoms with E-state index >= 15 is 0 Å². The number of hydrogen-bond acceptors (Lipinski definition) is 1. The van der Waals surface area contributed by atoms with Gasteiger partial charge in [0.15, 0.2) is 5.96 Å². The minimum absolute atomic E-state index is 0.194. The highest BCUT2D eigenvalue weighted by Crippen LogP contribution is 2.38. The lowest BCUT2D eigenvalue weighted by Crippen LogP contribution is -2.23. The molecular weight excluding hydrogens is 212 g/mol. The zero-order chi connectivity index (χ0) is 11.5. The first kappa shape index (κ1) is 10.9. The van der Waals surface area contributed by atoms with E-state index in [4.69, 9.17) is 5.73 Å². The number of aliphatic imine (C=N–C) groups is 1. The number of benzene rings is 1. The third-order valence-corrected chi connectivity index (χ3v) is 2.48. The normalized spacial score (nSPS) is 24.6. The Labute approximate surface area is 92.4 Å². The molecule has 86 valence electrons. The van der Waals surface area contributed by atoms with Gasteiger partial charge in [-0.2, -0.15) is 0 Å². The molecule has 0 amide bonds. The lowest BCUT2D eigenvalue weighted by Gasteiger charge is -2.04. The van der Waals surface area contributed by atoms with Gasteiger partial charge in [-0.3, -0.25) is 0 Å². The van der Waals surface area contributed by atoms with E-state index in [1.54, 1.807) is 0 Å². The standard InChI is InChI=1S/C11H13F2N3/c12-10(13)8-6-9(8)16-11(14)15-7-4-2-1-3-5-7/h1-5,8-10H,6H2,(H3,14,15,16)/t8-,9-/m0/s1. The second-order valence-corrected chi connectivity index (χ2v) is 3.81. The van der Waals surface area contributed by atoms with E-state index < -0.39 is 12.3 Å². The number of rotatable bonds is 3. The smallest absolute Gasteiger partial charge is 0.243 e. The van der Waals surface area contributed by atoms with Gasteiger partial charge in [0.2, 0.25) is 6.43 Å². The molecule has 1 fully saturated rings. The summed E-state index contributed by atoms with van der Waals surface area (Å²) in [6.45, 7) is 0. The van der Waals surface area contributed by atoms with Gasteiger partial charge < -0.3 is 11.1 Å². The number of nitrogens with two attached hydrogens (primary N) is 1. The molecule has 0 heterocycles. The molecular formula is C11H13F2N3. The van der Waals surface area contributed by atoms with Crippen molar-refractivity contribution in [3.8, 4) is 0 Å². The predicted molar refractivity (Wildman–Crippen MR) is 59.6 cm³/mol. The Morgan fingerprint density at radius 2 is 2.06 bits per heavy atom. The van der Waals surface area contributed by atoms with Crippen LogP contribution in [0.15, 0.2) is 35.3 Å². The van der Waals surface area contributed by atoms with Crippen LogP contribution in [0.3, 0.4) is 0 Å². The molecule has 0 aliphatic heterocycles. The van der Waals surface area contributed by atoms with Crippen LogP contribution in [0.4, 0.5) is 14.5 Å². The third kappa shape index (κ3) is 2.68. The summed E-state index contributed by atoms with van der Waals surface area (Å²) in [7, 11) is 0. The monoisotopic (exact) mass is 225 g/mol. The van der Waals surface area contributed by atoms with Crippen LogP contribution in [0.1, 0.15) is 6.42 Å². The van der Waals surface area contributed by atoms with E-state index in [9.17, 15) is 8.78 Å². The third-order valence-electron chi connectivity index (χ3n) is 2.48. The van der Waals surface area contributed by atoms with Gasteiger partial charge in [0.25, 0.3) is 0 Å². The molecule has 1 saturated carbocycles. The Morgan fingerprint density at radius 3 is 2.62 bits per heavy atom. The Morgan fingerprint density at radius 1 is 1.38 bits per heavy atom. The van der Waals surface area contributed by atoms with E-state index in [2.05, 4.69) is 10.3 Å². The molecule has 3 N–H and O–H groups in total. The van der Waals surface area contributed by atoms with Crippen LogP contribution in [0.2, 0.25) is 0 Å². The zero-order valence-corrected chi connectivity index (χ0v) is 8.61. The van der Waals surface area contributed by atoms with E-state index in [1.807, 2.05) is 30.3 Å². The molecule has 0 spiro atoms. The highest BCUT2D eigenvalue weighted by molar-refractivity contribution is 5.92. The van der Waals surface area contributed by atoms with Gasteiger partial charge in [-0.15, -0.1) is 0 Å². The van der Waals surface area contributed by atoms with Crippen LogP contribution in [-0.2, 0) is 0 Å². The predicted octanol–water partition coefficient (Wildman–Crippen LogP) is 2.07. The van der Waals surface area contributed by atoms with E-state index in [0.29, 0.717) is 6.42 Å². The van der Waals surface area contributed by atoms with Crippen LogP contribution in [0, 0.1) is 5.92 Å². The van der Waals surface area contributed by atoms with Crippen molar-refractivity contribution in [1.82, 2.24) is 0 Å². The summed E-state index contributed by atoms with van der Waals surface area (Å²) in [4.78, 5) is 3.99. The molecule has 3 nitrogen and oxygen atoms in total. The Kier molecular flexibility index (Phi) is 3.03. The fourth-order valence-electron chi connectivity index (χ4n) is 1.50. The molecule has 0 unspecified atom stereocenters. The Hall–Kier alpha value is -1.65. The summed E-state index contributed by atoms with van der Waals surface area (Å²) in [5.74, 6) is -0.421. The van der Waals surface area contributed by atoms with Gasteiger partial charge >= 0.3 is 0 Å². The molecule has 0 radical (unpaired) electrons. The maximum absolute atomic E-state index is 12.2. The van der Waals surface area contributed by atoms with Crippen molar-refractivity contribution < 1.29 is 8.78 Å². The van der Waals surface area contributed by atoms with Gasteiger partial charge in [-0.1, -0.05) is 18.2 Å². The maximum atomic E-state index is 12.2. The largest absolute Gasteiger partial charge is 0.370 e. The van der Waals surface area contributed by atoms with Crippen LogP contribution in [0.25, 0.3) is 0 Å². The highest BCUT2D eigenvalue weighted by Gasteiger charge is 2.44. The maximum Gasteiger partial charge on any atom is 0.243 e. The van der Waals surface area contributed by atoms with Gasteiger partial charge in [0.1, 0.15) is 0 Å². The lowest BCUT2D eigenvalue weighted by molar-refractivity contribution is 0.121. The van der Waals surface area contributed by atoms with Gasteiger partial charge in [-0.05, 0) is 18.6 Å². The average molecular weight is 225 g/mol. The fourth-order valence-corrected chi connectivity index (χ4v) is 1.50. The second-order valence-electron chi connectivity index (χ2n) is 3.81. The number of anilines is 1. The average Bonchev–Trinajstić information content (AvgIpc) is 2.98. The van der Waals surface area contributed by atoms with Crippen molar-refractivity contribution in [3.63, 3.8) is 0 Å². The summed E-state index contributed by atoms with van der Waals surface area (Å²) < 4.78 is 24.4. The number of halogens is 2. The molecule has 0 bridgehead atoms. The molecule has 0 saturated heterocycles. The molecule has 5 heteroatoms. The van der Waals surface area contributed by atoms with Crippen molar-refractivity contribution in [2.45, 2.75) is 18.9 Å². The minimum Gasteiger partial charge on any atom is -0.370 e. The number of hydrogen-bond donors (Lipinski definition) is 2. The first-order chi connectivity index (χ1) is 7.66. The van der Waals surface area contributed by atoms with Crippen molar-refractivity contribution in [1.29, 1.82) is 0 Å². The van der Waals surface area contributed by atoms with Crippen molar-refractivity contribution in [3.05, 3.63) is 30.3 Å². The van der Waals surface area contributed by atoms with Gasteiger partial charge in [0, 0.05) is 11.6 Å². The minimum atomic E-state index is -2.29. The number of alkyl halides is 2. The SMILES string of the molecule is NC(=N[C@H]1C[C@@H]1C(F)F)Nc1ccccc1. The fraction of sp³-hybridized carbons (Fsp3) is 0.364.